The van der Waals surface area contributed by atoms with Gasteiger partial charge in [-0.15, -0.1) is 0 Å². The Bertz CT molecular complexity index is 805. The van der Waals surface area contributed by atoms with Crippen molar-refractivity contribution in [3.05, 3.63) is 48.6 Å². The van der Waals surface area contributed by atoms with E-state index in [-0.39, 0.29) is 12.1 Å². The first-order valence-electron chi connectivity index (χ1n) is 21.5. The van der Waals surface area contributed by atoms with Crippen LogP contribution >= 0.6 is 0 Å². The molecule has 284 valence electrons. The standard InChI is InChI=1S/C46H83NO2/c1-5-7-9-11-13-15-17-19-21-23-25-27-29-31-33-35-39-46(41-37-44(43-46)49-45(48)38-42-47(3)4)40-36-34-32-30-28-26-24-22-20-18-16-14-12-10-8-6-2/h13-16,19-22,44H,5-12,17-18,23-43H2,1-4H3/b15-13-,16-14-,21-19-,22-20-. The lowest BCUT2D eigenvalue weighted by molar-refractivity contribution is -0.149. The third-order valence-corrected chi connectivity index (χ3v) is 10.5. The molecule has 1 saturated carbocycles. The van der Waals surface area contributed by atoms with Gasteiger partial charge in [-0.05, 0) is 116 Å². The molecule has 3 heteroatoms. The summed E-state index contributed by atoms with van der Waals surface area (Å²) in [6, 6.07) is 0. The highest BCUT2D eigenvalue weighted by Crippen LogP contribution is 2.47. The molecule has 0 amide bonds. The summed E-state index contributed by atoms with van der Waals surface area (Å²) in [6.07, 6.45) is 56.9. The van der Waals surface area contributed by atoms with Gasteiger partial charge in [0.25, 0.3) is 0 Å². The molecular weight excluding hydrogens is 599 g/mol. The van der Waals surface area contributed by atoms with Gasteiger partial charge in [0.2, 0.25) is 0 Å². The van der Waals surface area contributed by atoms with Gasteiger partial charge in [0.05, 0.1) is 6.42 Å². The minimum absolute atomic E-state index is 0.00284. The minimum Gasteiger partial charge on any atom is -0.462 e. The summed E-state index contributed by atoms with van der Waals surface area (Å²) in [5.41, 5.74) is 0.400. The molecular formula is C46H83NO2. The van der Waals surface area contributed by atoms with E-state index in [1.165, 1.54) is 161 Å². The van der Waals surface area contributed by atoms with E-state index in [1.807, 2.05) is 14.1 Å². The van der Waals surface area contributed by atoms with Crippen molar-refractivity contribution in [3.63, 3.8) is 0 Å². The summed E-state index contributed by atoms with van der Waals surface area (Å²) >= 11 is 0. The van der Waals surface area contributed by atoms with Crippen LogP contribution < -0.4 is 0 Å². The van der Waals surface area contributed by atoms with Crippen molar-refractivity contribution in [1.29, 1.82) is 0 Å². The summed E-state index contributed by atoms with van der Waals surface area (Å²) < 4.78 is 6.00. The molecule has 0 aromatic carbocycles. The van der Waals surface area contributed by atoms with E-state index in [2.05, 4.69) is 67.4 Å². The minimum atomic E-state index is -0.00284. The molecule has 1 aliphatic carbocycles. The summed E-state index contributed by atoms with van der Waals surface area (Å²) in [7, 11) is 4.04. The first kappa shape index (κ1) is 45.4. The fourth-order valence-corrected chi connectivity index (χ4v) is 7.37. The Morgan fingerprint density at radius 3 is 1.43 bits per heavy atom. The van der Waals surface area contributed by atoms with Crippen LogP contribution in [0.15, 0.2) is 48.6 Å². The van der Waals surface area contributed by atoms with E-state index in [1.54, 1.807) is 0 Å². The molecule has 1 aliphatic rings. The van der Waals surface area contributed by atoms with E-state index in [0.29, 0.717) is 11.8 Å². The molecule has 0 heterocycles. The van der Waals surface area contributed by atoms with Crippen molar-refractivity contribution >= 4 is 5.97 Å². The lowest BCUT2D eigenvalue weighted by Crippen LogP contribution is -2.23. The Morgan fingerprint density at radius 1 is 0.592 bits per heavy atom. The number of unbranched alkanes of at least 4 members (excludes halogenated alkanes) is 18. The van der Waals surface area contributed by atoms with E-state index in [0.717, 1.165) is 32.2 Å². The molecule has 0 aliphatic heterocycles. The zero-order chi connectivity index (χ0) is 35.5. The fraction of sp³-hybridized carbons (Fsp3) is 0.804. The number of allylic oxidation sites excluding steroid dienone is 8. The zero-order valence-corrected chi connectivity index (χ0v) is 33.4. The molecule has 1 fully saturated rings. The van der Waals surface area contributed by atoms with Crippen molar-refractivity contribution in [2.75, 3.05) is 20.6 Å². The summed E-state index contributed by atoms with van der Waals surface area (Å²) in [5.74, 6) is -0.00284. The average molecular weight is 682 g/mol. The highest BCUT2D eigenvalue weighted by molar-refractivity contribution is 5.69. The topological polar surface area (TPSA) is 29.5 Å². The van der Waals surface area contributed by atoms with Gasteiger partial charge in [-0.3, -0.25) is 4.79 Å². The van der Waals surface area contributed by atoms with Crippen molar-refractivity contribution in [2.24, 2.45) is 5.41 Å². The van der Waals surface area contributed by atoms with Gasteiger partial charge in [-0.1, -0.05) is 152 Å². The van der Waals surface area contributed by atoms with Crippen LogP contribution in [0.4, 0.5) is 0 Å². The van der Waals surface area contributed by atoms with Crippen molar-refractivity contribution in [2.45, 2.75) is 213 Å². The first-order valence-corrected chi connectivity index (χ1v) is 21.5. The monoisotopic (exact) mass is 682 g/mol. The molecule has 0 N–H and O–H groups in total. The molecule has 0 saturated heterocycles. The van der Waals surface area contributed by atoms with Crippen LogP contribution in [-0.4, -0.2) is 37.6 Å². The quantitative estimate of drug-likeness (QED) is 0.0385. The number of ether oxygens (including phenoxy) is 1. The highest BCUT2D eigenvalue weighted by atomic mass is 16.5. The maximum Gasteiger partial charge on any atom is 0.307 e. The Kier molecular flexibility index (Phi) is 31.1. The van der Waals surface area contributed by atoms with Crippen LogP contribution in [0.2, 0.25) is 0 Å². The lowest BCUT2D eigenvalue weighted by atomic mass is 9.76. The zero-order valence-electron chi connectivity index (χ0n) is 33.4. The van der Waals surface area contributed by atoms with Gasteiger partial charge < -0.3 is 9.64 Å². The van der Waals surface area contributed by atoms with Gasteiger partial charge in [-0.25, -0.2) is 0 Å². The summed E-state index contributed by atoms with van der Waals surface area (Å²) in [5, 5.41) is 0. The van der Waals surface area contributed by atoms with E-state index in [4.69, 9.17) is 4.74 Å². The smallest absolute Gasteiger partial charge is 0.307 e. The van der Waals surface area contributed by atoms with E-state index >= 15 is 0 Å². The fourth-order valence-electron chi connectivity index (χ4n) is 7.37. The largest absolute Gasteiger partial charge is 0.462 e. The number of carbonyl (C=O) groups is 1. The number of carbonyl (C=O) groups excluding carboxylic acids is 1. The SMILES string of the molecule is CCCCC/C=C\C/C=C\CCCCCCCCC1(CCCCCCCC/C=C\C/C=C\CCCCC)CCC(OC(=O)CCN(C)C)C1. The Balaban J connectivity index is 2.27. The van der Waals surface area contributed by atoms with Crippen LogP contribution in [0.25, 0.3) is 0 Å². The second kappa shape index (κ2) is 33.5. The second-order valence-corrected chi connectivity index (χ2v) is 15.6. The molecule has 0 radical (unpaired) electrons. The summed E-state index contributed by atoms with van der Waals surface area (Å²) in [4.78, 5) is 14.6. The third kappa shape index (κ3) is 28.7. The number of esters is 1. The van der Waals surface area contributed by atoms with Crippen LogP contribution in [0.3, 0.4) is 0 Å². The normalized spacial score (nSPS) is 16.5. The second-order valence-electron chi connectivity index (χ2n) is 15.6. The van der Waals surface area contributed by atoms with Gasteiger partial charge in [0.15, 0.2) is 0 Å². The Morgan fingerprint density at radius 2 is 1.00 bits per heavy atom. The van der Waals surface area contributed by atoms with Crippen LogP contribution in [0.5, 0.6) is 0 Å². The lowest BCUT2D eigenvalue weighted by Gasteiger charge is -2.30. The first-order chi connectivity index (χ1) is 24.0. The molecule has 49 heavy (non-hydrogen) atoms. The van der Waals surface area contributed by atoms with Gasteiger partial charge in [0, 0.05) is 6.54 Å². The molecule has 3 nitrogen and oxygen atoms in total. The highest BCUT2D eigenvalue weighted by Gasteiger charge is 2.39. The molecule has 0 bridgehead atoms. The predicted octanol–water partition coefficient (Wildman–Crippen LogP) is 14.4. The van der Waals surface area contributed by atoms with Crippen molar-refractivity contribution in [1.82, 2.24) is 4.90 Å². The number of rotatable bonds is 34. The van der Waals surface area contributed by atoms with Crippen LogP contribution in [0.1, 0.15) is 206 Å². The van der Waals surface area contributed by atoms with Gasteiger partial charge in [0.1, 0.15) is 6.10 Å². The predicted molar refractivity (Wildman–Crippen MR) is 217 cm³/mol. The molecule has 1 atom stereocenters. The molecule has 0 spiro atoms. The van der Waals surface area contributed by atoms with Crippen LogP contribution in [-0.2, 0) is 9.53 Å². The molecule has 1 unspecified atom stereocenters. The maximum absolute atomic E-state index is 12.5. The van der Waals surface area contributed by atoms with Crippen molar-refractivity contribution in [3.8, 4) is 0 Å². The van der Waals surface area contributed by atoms with Gasteiger partial charge >= 0.3 is 5.97 Å². The number of hydrogen-bond donors (Lipinski definition) is 0. The van der Waals surface area contributed by atoms with E-state index in [9.17, 15) is 4.79 Å². The molecule has 0 aromatic heterocycles. The Labute approximate surface area is 306 Å². The Hall–Kier alpha value is -1.61. The van der Waals surface area contributed by atoms with Crippen LogP contribution in [0, 0.1) is 5.41 Å². The maximum atomic E-state index is 12.5. The number of hydrogen-bond acceptors (Lipinski definition) is 3. The summed E-state index contributed by atoms with van der Waals surface area (Å²) in [6.45, 7) is 5.31. The molecule has 1 rings (SSSR count). The number of nitrogens with zero attached hydrogens (tertiary/aromatic N) is 1. The third-order valence-electron chi connectivity index (χ3n) is 10.5. The van der Waals surface area contributed by atoms with Gasteiger partial charge in [-0.2, -0.15) is 0 Å². The average Bonchev–Trinajstić information content (AvgIpc) is 3.49. The van der Waals surface area contributed by atoms with Crippen molar-refractivity contribution < 1.29 is 9.53 Å². The van der Waals surface area contributed by atoms with E-state index < -0.39 is 0 Å². The molecule has 0 aromatic rings.